The number of nitrogens with two attached hydrogens (primary N) is 1. The van der Waals surface area contributed by atoms with Crippen LogP contribution >= 0.6 is 0 Å². The van der Waals surface area contributed by atoms with E-state index in [4.69, 9.17) is 10.5 Å². The SMILES string of the molecule is COc1cc(C(=O)N2CC3(CN(C)C3)C2)ccc1Cn1ncc2nc(N)nc(NCC3CC4(C3)CC4(F)F)c21. The predicted molar refractivity (Wildman–Crippen MR) is 141 cm³/mol. The Kier molecular flexibility index (Phi) is 5.17. The van der Waals surface area contributed by atoms with Crippen molar-refractivity contribution >= 4 is 28.7 Å². The van der Waals surface area contributed by atoms with Gasteiger partial charge in [0.15, 0.2) is 5.82 Å². The zero-order chi connectivity index (χ0) is 27.2. The maximum Gasteiger partial charge on any atom is 0.254 e. The molecule has 4 heterocycles. The molecule has 10 nitrogen and oxygen atoms in total. The van der Waals surface area contributed by atoms with Gasteiger partial charge < -0.3 is 25.6 Å². The van der Waals surface area contributed by atoms with E-state index in [0.717, 1.165) is 31.7 Å². The Bertz CT molecular complexity index is 1470. The summed E-state index contributed by atoms with van der Waals surface area (Å²) in [5, 5.41) is 7.82. The largest absolute Gasteiger partial charge is 0.496 e. The fourth-order valence-corrected chi connectivity index (χ4v) is 7.07. The minimum absolute atomic E-state index is 0.0105. The maximum absolute atomic E-state index is 13.6. The van der Waals surface area contributed by atoms with Crippen LogP contribution in [0, 0.1) is 16.7 Å². The highest BCUT2D eigenvalue weighted by Crippen LogP contribution is 2.72. The highest BCUT2D eigenvalue weighted by atomic mass is 19.3. The molecule has 206 valence electrons. The molecule has 1 aromatic carbocycles. The van der Waals surface area contributed by atoms with Gasteiger partial charge in [0.25, 0.3) is 11.8 Å². The number of methoxy groups -OCH3 is 1. The van der Waals surface area contributed by atoms with Crippen LogP contribution in [0.4, 0.5) is 20.5 Å². The van der Waals surface area contributed by atoms with Crippen LogP contribution in [-0.2, 0) is 6.54 Å². The summed E-state index contributed by atoms with van der Waals surface area (Å²) >= 11 is 0. The average molecular weight is 539 g/mol. The summed E-state index contributed by atoms with van der Waals surface area (Å²) in [6, 6.07) is 5.51. The monoisotopic (exact) mass is 538 g/mol. The molecule has 39 heavy (non-hydrogen) atoms. The van der Waals surface area contributed by atoms with Crippen molar-refractivity contribution in [3.63, 3.8) is 0 Å². The lowest BCUT2D eigenvalue weighted by Gasteiger charge is -2.59. The predicted octanol–water partition coefficient (Wildman–Crippen LogP) is 2.70. The fourth-order valence-electron chi connectivity index (χ4n) is 7.07. The van der Waals surface area contributed by atoms with Gasteiger partial charge in [-0.2, -0.15) is 10.1 Å². The number of nitrogens with one attached hydrogen (secondary N) is 1. The van der Waals surface area contributed by atoms with E-state index < -0.39 is 11.3 Å². The number of fused-ring (bicyclic) bond motifs is 1. The molecule has 0 unspecified atom stereocenters. The number of aromatic nitrogens is 4. The summed E-state index contributed by atoms with van der Waals surface area (Å²) in [6.07, 6.45) is 2.68. The van der Waals surface area contributed by atoms with Gasteiger partial charge in [-0.1, -0.05) is 6.07 Å². The molecule has 2 aliphatic heterocycles. The number of rotatable bonds is 7. The molecular weight excluding hydrogens is 506 g/mol. The van der Waals surface area contributed by atoms with Crippen molar-refractivity contribution in [2.45, 2.75) is 31.7 Å². The van der Waals surface area contributed by atoms with Gasteiger partial charge in [0.2, 0.25) is 5.95 Å². The van der Waals surface area contributed by atoms with Crippen molar-refractivity contribution in [2.24, 2.45) is 16.7 Å². The number of anilines is 2. The number of amides is 1. The number of hydrogen-bond acceptors (Lipinski definition) is 8. The number of benzene rings is 1. The maximum atomic E-state index is 13.6. The second-order valence-corrected chi connectivity index (χ2v) is 12.1. The van der Waals surface area contributed by atoms with E-state index in [1.807, 2.05) is 17.0 Å². The summed E-state index contributed by atoms with van der Waals surface area (Å²) in [4.78, 5) is 26.0. The van der Waals surface area contributed by atoms with Gasteiger partial charge >= 0.3 is 0 Å². The number of carbonyl (C=O) groups excluding carboxylic acids is 1. The van der Waals surface area contributed by atoms with Crippen molar-refractivity contribution in [1.29, 1.82) is 0 Å². The molecule has 4 fully saturated rings. The Labute approximate surface area is 224 Å². The number of nitrogens with zero attached hydrogens (tertiary/aromatic N) is 6. The first-order chi connectivity index (χ1) is 18.6. The molecule has 4 aliphatic rings. The Hall–Kier alpha value is -3.54. The molecule has 3 N–H and O–H groups in total. The van der Waals surface area contributed by atoms with Crippen LogP contribution in [0.3, 0.4) is 0 Å². The van der Waals surface area contributed by atoms with Crippen LogP contribution < -0.4 is 15.8 Å². The standard InChI is InChI=1S/C27H32F2N8O2/c1-35-12-25(13-35)14-36(15-25)23(38)17-3-4-18(20(5-17)39-2)10-37-21-19(9-32-37)33-24(30)34-22(21)31-8-16-6-26(7-16)11-27(26,28)29/h3-5,9,16H,6-8,10-15H2,1-2H3,(H3,30,31,33,34). The highest BCUT2D eigenvalue weighted by molar-refractivity contribution is 5.95. The van der Waals surface area contributed by atoms with Gasteiger partial charge in [-0.25, -0.2) is 13.8 Å². The van der Waals surface area contributed by atoms with Gasteiger partial charge in [-0.3, -0.25) is 9.48 Å². The number of halogens is 2. The lowest BCUT2D eigenvalue weighted by Crippen LogP contribution is -2.72. The lowest BCUT2D eigenvalue weighted by atomic mass is 9.71. The van der Waals surface area contributed by atoms with Crippen molar-refractivity contribution in [1.82, 2.24) is 29.5 Å². The normalized spacial score (nSPS) is 26.3. The van der Waals surface area contributed by atoms with Crippen molar-refractivity contribution in [3.8, 4) is 5.75 Å². The zero-order valence-electron chi connectivity index (χ0n) is 22.1. The van der Waals surface area contributed by atoms with Crippen LogP contribution in [0.15, 0.2) is 24.4 Å². The van der Waals surface area contributed by atoms with E-state index in [9.17, 15) is 13.6 Å². The van der Waals surface area contributed by atoms with E-state index in [-0.39, 0.29) is 29.6 Å². The van der Waals surface area contributed by atoms with Gasteiger partial charge in [0.05, 0.1) is 19.9 Å². The molecule has 0 atom stereocenters. The Morgan fingerprint density at radius 3 is 2.62 bits per heavy atom. The number of hydrogen-bond donors (Lipinski definition) is 2. The number of ether oxygens (including phenoxy) is 1. The average Bonchev–Trinajstić information content (AvgIpc) is 3.20. The van der Waals surface area contributed by atoms with Crippen molar-refractivity contribution < 1.29 is 18.3 Å². The number of alkyl halides is 2. The molecule has 7 rings (SSSR count). The number of carbonyl (C=O) groups is 1. The van der Waals surface area contributed by atoms with Gasteiger partial charge in [-0.05, 0) is 37.9 Å². The summed E-state index contributed by atoms with van der Waals surface area (Å²) in [7, 11) is 3.69. The van der Waals surface area contributed by atoms with E-state index in [1.165, 1.54) is 0 Å². The van der Waals surface area contributed by atoms with Crippen LogP contribution in [0.5, 0.6) is 5.75 Å². The third kappa shape index (κ3) is 3.90. The molecule has 0 radical (unpaired) electrons. The van der Waals surface area contributed by atoms with Gasteiger partial charge in [-0.15, -0.1) is 0 Å². The third-order valence-corrected chi connectivity index (χ3v) is 9.04. The fraction of sp³-hybridized carbons (Fsp3) is 0.556. The minimum atomic E-state index is -2.50. The number of nitrogen functional groups attached to an aromatic ring is 1. The summed E-state index contributed by atoms with van der Waals surface area (Å²) in [6.45, 7) is 4.57. The van der Waals surface area contributed by atoms with E-state index >= 15 is 0 Å². The first-order valence-corrected chi connectivity index (χ1v) is 13.3. The van der Waals surface area contributed by atoms with E-state index in [2.05, 4.69) is 32.3 Å². The third-order valence-electron chi connectivity index (χ3n) is 9.04. The smallest absolute Gasteiger partial charge is 0.254 e. The van der Waals surface area contributed by atoms with Crippen LogP contribution in [0.1, 0.15) is 35.2 Å². The Morgan fingerprint density at radius 2 is 1.95 bits per heavy atom. The van der Waals surface area contributed by atoms with Crippen molar-refractivity contribution in [2.75, 3.05) is 57.9 Å². The zero-order valence-corrected chi connectivity index (χ0v) is 22.1. The topological polar surface area (TPSA) is 114 Å². The molecule has 2 aliphatic carbocycles. The Balaban J connectivity index is 1.07. The van der Waals surface area contributed by atoms with Crippen LogP contribution in [0.2, 0.25) is 0 Å². The minimum Gasteiger partial charge on any atom is -0.496 e. The molecule has 1 amide bonds. The lowest BCUT2D eigenvalue weighted by molar-refractivity contribution is -0.0872. The quantitative estimate of drug-likeness (QED) is 0.472. The van der Waals surface area contributed by atoms with E-state index in [0.29, 0.717) is 54.1 Å². The second-order valence-electron chi connectivity index (χ2n) is 12.1. The molecule has 2 spiro atoms. The van der Waals surface area contributed by atoms with Gasteiger partial charge in [0, 0.05) is 61.1 Å². The van der Waals surface area contributed by atoms with Gasteiger partial charge in [0.1, 0.15) is 16.8 Å². The number of likely N-dealkylation sites (tertiary alicyclic amines) is 2. The molecule has 2 saturated carbocycles. The molecule has 3 aromatic rings. The summed E-state index contributed by atoms with van der Waals surface area (Å²) < 4.78 is 34.6. The van der Waals surface area contributed by atoms with E-state index in [1.54, 1.807) is 24.1 Å². The molecule has 12 heteroatoms. The summed E-state index contributed by atoms with van der Waals surface area (Å²) in [5.41, 5.74) is 8.15. The Morgan fingerprint density at radius 1 is 1.21 bits per heavy atom. The summed E-state index contributed by atoms with van der Waals surface area (Å²) in [5.74, 6) is -1.08. The van der Waals surface area contributed by atoms with Crippen LogP contribution in [0.25, 0.3) is 11.0 Å². The van der Waals surface area contributed by atoms with Crippen LogP contribution in [-0.4, -0.2) is 88.3 Å². The molecule has 2 aromatic heterocycles. The first kappa shape index (κ1) is 24.5. The second kappa shape index (κ2) is 8.23. The molecule has 0 bridgehead atoms. The van der Waals surface area contributed by atoms with Crippen molar-refractivity contribution in [3.05, 3.63) is 35.5 Å². The molecular formula is C27H32F2N8O2. The highest BCUT2D eigenvalue weighted by Gasteiger charge is 2.75. The first-order valence-electron chi connectivity index (χ1n) is 13.3. The molecule has 2 saturated heterocycles.